The minimum Gasteiger partial charge on any atom is -0.212 e. The molecule has 0 unspecified atom stereocenters. The first-order valence-electron chi connectivity index (χ1n) is 4.52. The molecule has 0 aliphatic rings. The number of benzene rings is 1. The molecule has 0 fully saturated rings. The van der Waals surface area contributed by atoms with Gasteiger partial charge in [-0.05, 0) is 24.0 Å². The van der Waals surface area contributed by atoms with E-state index in [4.69, 9.17) is 10.7 Å². The van der Waals surface area contributed by atoms with Gasteiger partial charge in [-0.15, -0.1) is 0 Å². The third-order valence-electron chi connectivity index (χ3n) is 2.11. The first-order valence-corrected chi connectivity index (χ1v) is 7.00. The summed E-state index contributed by atoms with van der Waals surface area (Å²) in [5.74, 6) is 0.00552. The van der Waals surface area contributed by atoms with Crippen LogP contribution >= 0.6 is 10.7 Å². The smallest absolute Gasteiger partial charge is 0.212 e. The van der Waals surface area contributed by atoms with Gasteiger partial charge < -0.3 is 0 Å². The van der Waals surface area contributed by atoms with Crippen LogP contribution in [0.3, 0.4) is 0 Å². The van der Waals surface area contributed by atoms with Crippen molar-refractivity contribution in [2.24, 2.45) is 0 Å². The van der Waals surface area contributed by atoms with Gasteiger partial charge >= 0.3 is 0 Å². The van der Waals surface area contributed by atoms with Crippen LogP contribution in [0.25, 0.3) is 0 Å². The maximum Gasteiger partial charge on any atom is 0.232 e. The molecule has 78 valence electrons. The van der Waals surface area contributed by atoms with E-state index in [1.54, 1.807) is 0 Å². The fourth-order valence-corrected chi connectivity index (χ4v) is 2.07. The van der Waals surface area contributed by atoms with E-state index in [1.807, 2.05) is 31.2 Å². The molecule has 1 aromatic carbocycles. The molecule has 1 aromatic rings. The summed E-state index contributed by atoms with van der Waals surface area (Å²) in [6.07, 6.45) is 1.41. The fraction of sp³-hybridized carbons (Fsp3) is 0.400. The molecule has 2 nitrogen and oxygen atoms in total. The van der Waals surface area contributed by atoms with Crippen LogP contribution < -0.4 is 0 Å². The summed E-state index contributed by atoms with van der Waals surface area (Å²) in [5, 5.41) is 0. The van der Waals surface area contributed by atoms with Gasteiger partial charge in [0.05, 0.1) is 5.75 Å². The van der Waals surface area contributed by atoms with Crippen LogP contribution in [0.15, 0.2) is 24.3 Å². The van der Waals surface area contributed by atoms with E-state index < -0.39 is 9.05 Å². The largest absolute Gasteiger partial charge is 0.232 e. The SMILES string of the molecule is CCc1ccccc1CCS(=O)(=O)Cl. The summed E-state index contributed by atoms with van der Waals surface area (Å²) in [6, 6.07) is 7.82. The average Bonchev–Trinajstić information content (AvgIpc) is 2.14. The topological polar surface area (TPSA) is 34.1 Å². The molecular weight excluding hydrogens is 220 g/mol. The lowest BCUT2D eigenvalue weighted by atomic mass is 10.0. The summed E-state index contributed by atoms with van der Waals surface area (Å²) in [6.45, 7) is 2.05. The van der Waals surface area contributed by atoms with Crippen molar-refractivity contribution in [3.8, 4) is 0 Å². The Morgan fingerprint density at radius 3 is 2.29 bits per heavy atom. The summed E-state index contributed by atoms with van der Waals surface area (Å²) in [4.78, 5) is 0. The van der Waals surface area contributed by atoms with Crippen molar-refractivity contribution in [2.75, 3.05) is 5.75 Å². The summed E-state index contributed by atoms with van der Waals surface area (Å²) >= 11 is 0. The second kappa shape index (κ2) is 4.80. The van der Waals surface area contributed by atoms with Crippen molar-refractivity contribution < 1.29 is 8.42 Å². The minimum absolute atomic E-state index is 0.00552. The van der Waals surface area contributed by atoms with Crippen LogP contribution in [0.2, 0.25) is 0 Å². The standard InChI is InChI=1S/C10H13ClO2S/c1-2-9-5-3-4-6-10(9)7-8-14(11,12)13/h3-6H,2,7-8H2,1H3. The summed E-state index contributed by atoms with van der Waals surface area (Å²) < 4.78 is 21.5. The number of halogens is 1. The Hall–Kier alpha value is -0.540. The predicted octanol–water partition coefficient (Wildman–Crippen LogP) is 2.36. The maximum atomic E-state index is 10.8. The van der Waals surface area contributed by atoms with E-state index in [0.29, 0.717) is 6.42 Å². The van der Waals surface area contributed by atoms with Crippen molar-refractivity contribution in [1.82, 2.24) is 0 Å². The molecule has 0 radical (unpaired) electrons. The quantitative estimate of drug-likeness (QED) is 0.747. The van der Waals surface area contributed by atoms with Crippen LogP contribution in [0.1, 0.15) is 18.1 Å². The first kappa shape index (κ1) is 11.5. The second-order valence-corrected chi connectivity index (χ2v) is 6.01. The fourth-order valence-electron chi connectivity index (χ4n) is 1.38. The molecule has 0 saturated carbocycles. The van der Waals surface area contributed by atoms with Gasteiger partial charge in [-0.1, -0.05) is 31.2 Å². The van der Waals surface area contributed by atoms with Crippen molar-refractivity contribution in [2.45, 2.75) is 19.8 Å². The zero-order valence-corrected chi connectivity index (χ0v) is 9.61. The molecule has 0 heterocycles. The van der Waals surface area contributed by atoms with E-state index in [9.17, 15) is 8.42 Å². The van der Waals surface area contributed by atoms with Crippen LogP contribution in [-0.4, -0.2) is 14.2 Å². The molecule has 0 aromatic heterocycles. The van der Waals surface area contributed by atoms with Crippen LogP contribution in [0.5, 0.6) is 0 Å². The Labute approximate surface area is 89.3 Å². The molecule has 0 spiro atoms. The molecule has 0 saturated heterocycles. The molecule has 0 atom stereocenters. The van der Waals surface area contributed by atoms with Crippen LogP contribution in [-0.2, 0) is 21.9 Å². The number of rotatable bonds is 4. The Kier molecular flexibility index (Phi) is 3.96. The molecule has 0 aliphatic heterocycles. The molecule has 0 bridgehead atoms. The number of hydrogen-bond acceptors (Lipinski definition) is 2. The summed E-state index contributed by atoms with van der Waals surface area (Å²) in [7, 11) is 1.78. The summed E-state index contributed by atoms with van der Waals surface area (Å²) in [5.41, 5.74) is 2.26. The van der Waals surface area contributed by atoms with Crippen LogP contribution in [0, 0.1) is 0 Å². The van der Waals surface area contributed by atoms with Gasteiger partial charge in [0, 0.05) is 10.7 Å². The third kappa shape index (κ3) is 3.68. The maximum absolute atomic E-state index is 10.8. The Morgan fingerprint density at radius 2 is 1.79 bits per heavy atom. The highest BCUT2D eigenvalue weighted by Crippen LogP contribution is 2.12. The highest BCUT2D eigenvalue weighted by molar-refractivity contribution is 8.13. The van der Waals surface area contributed by atoms with Crippen molar-refractivity contribution in [3.05, 3.63) is 35.4 Å². The lowest BCUT2D eigenvalue weighted by Crippen LogP contribution is -2.03. The van der Waals surface area contributed by atoms with Crippen molar-refractivity contribution in [3.63, 3.8) is 0 Å². The highest BCUT2D eigenvalue weighted by Gasteiger charge is 2.07. The molecule has 14 heavy (non-hydrogen) atoms. The monoisotopic (exact) mass is 232 g/mol. The number of aryl methyl sites for hydroxylation is 2. The zero-order chi connectivity index (χ0) is 10.6. The zero-order valence-electron chi connectivity index (χ0n) is 8.03. The Balaban J connectivity index is 2.76. The van der Waals surface area contributed by atoms with E-state index >= 15 is 0 Å². The molecule has 4 heteroatoms. The molecule has 1 rings (SSSR count). The highest BCUT2D eigenvalue weighted by atomic mass is 35.7. The van der Waals surface area contributed by atoms with E-state index in [1.165, 1.54) is 5.56 Å². The molecule has 0 aliphatic carbocycles. The van der Waals surface area contributed by atoms with E-state index in [-0.39, 0.29) is 5.75 Å². The lowest BCUT2D eigenvalue weighted by Gasteiger charge is -2.05. The third-order valence-corrected chi connectivity index (χ3v) is 3.27. The van der Waals surface area contributed by atoms with E-state index in [0.717, 1.165) is 12.0 Å². The predicted molar refractivity (Wildman–Crippen MR) is 59.2 cm³/mol. The van der Waals surface area contributed by atoms with Gasteiger partial charge in [-0.25, -0.2) is 8.42 Å². The van der Waals surface area contributed by atoms with Gasteiger partial charge in [0.2, 0.25) is 9.05 Å². The van der Waals surface area contributed by atoms with Gasteiger partial charge in [-0.2, -0.15) is 0 Å². The van der Waals surface area contributed by atoms with Crippen LogP contribution in [0.4, 0.5) is 0 Å². The molecule has 0 amide bonds. The Bertz CT molecular complexity index is 398. The van der Waals surface area contributed by atoms with Crippen molar-refractivity contribution in [1.29, 1.82) is 0 Å². The van der Waals surface area contributed by atoms with E-state index in [2.05, 4.69) is 0 Å². The molecule has 0 N–H and O–H groups in total. The molecular formula is C10H13ClO2S. The Morgan fingerprint density at radius 1 is 1.21 bits per heavy atom. The average molecular weight is 233 g/mol. The van der Waals surface area contributed by atoms with Gasteiger partial charge in [0.15, 0.2) is 0 Å². The van der Waals surface area contributed by atoms with Gasteiger partial charge in [0.25, 0.3) is 0 Å². The first-order chi connectivity index (χ1) is 6.53. The normalized spacial score (nSPS) is 11.6. The number of hydrogen-bond donors (Lipinski definition) is 0. The van der Waals surface area contributed by atoms with Gasteiger partial charge in [0.1, 0.15) is 0 Å². The second-order valence-electron chi connectivity index (χ2n) is 3.12. The van der Waals surface area contributed by atoms with Crippen molar-refractivity contribution >= 4 is 19.7 Å². The minimum atomic E-state index is -3.38. The lowest BCUT2D eigenvalue weighted by molar-refractivity contribution is 0.608. The van der Waals surface area contributed by atoms with Gasteiger partial charge in [-0.3, -0.25) is 0 Å².